The molecule has 0 aliphatic carbocycles. The topological polar surface area (TPSA) is 43.1 Å². The number of rotatable bonds is 2. The molecule has 2 aromatic rings. The highest BCUT2D eigenvalue weighted by atomic mass is 35.5. The van der Waals surface area contributed by atoms with Gasteiger partial charge in [-0.15, -0.1) is 0 Å². The van der Waals surface area contributed by atoms with Crippen molar-refractivity contribution >= 4 is 23.1 Å². The van der Waals surface area contributed by atoms with Crippen LogP contribution in [-0.2, 0) is 0 Å². The molecule has 0 saturated heterocycles. The monoisotopic (exact) mass is 277 g/mol. The number of nitrogen functional groups attached to an aromatic ring is 1. The lowest BCUT2D eigenvalue weighted by molar-refractivity contribution is 0.103. The van der Waals surface area contributed by atoms with E-state index >= 15 is 0 Å². The molecule has 0 spiro atoms. The van der Waals surface area contributed by atoms with Gasteiger partial charge in [-0.05, 0) is 49.2 Å². The number of nitrogens with two attached hydrogens (primary N) is 1. The van der Waals surface area contributed by atoms with E-state index in [0.717, 1.165) is 11.6 Å². The third-order valence-electron chi connectivity index (χ3n) is 3.00. The number of benzene rings is 2. The molecular weight excluding hydrogens is 265 g/mol. The van der Waals surface area contributed by atoms with Crippen molar-refractivity contribution in [2.45, 2.75) is 13.8 Å². The molecule has 0 aliphatic heterocycles. The Morgan fingerprint density at radius 1 is 1.11 bits per heavy atom. The van der Waals surface area contributed by atoms with Gasteiger partial charge in [0.2, 0.25) is 0 Å². The molecule has 0 heterocycles. The predicted molar refractivity (Wildman–Crippen MR) is 75.2 cm³/mol. The number of anilines is 1. The maximum Gasteiger partial charge on any atom is 0.194 e. The molecule has 0 unspecified atom stereocenters. The minimum absolute atomic E-state index is 0.106. The van der Waals surface area contributed by atoms with Crippen molar-refractivity contribution in [3.05, 3.63) is 63.4 Å². The van der Waals surface area contributed by atoms with Crippen LogP contribution in [0.1, 0.15) is 27.0 Å². The fraction of sp³-hybridized carbons (Fsp3) is 0.133. The van der Waals surface area contributed by atoms with Crippen LogP contribution in [0.2, 0.25) is 5.02 Å². The first-order chi connectivity index (χ1) is 8.90. The number of ketones is 1. The highest BCUT2D eigenvalue weighted by Crippen LogP contribution is 2.25. The maximum atomic E-state index is 13.4. The zero-order chi connectivity index (χ0) is 14.2. The summed E-state index contributed by atoms with van der Waals surface area (Å²) >= 11 is 5.95. The summed E-state index contributed by atoms with van der Waals surface area (Å²) < 4.78 is 13.4. The molecule has 0 amide bonds. The first-order valence-corrected chi connectivity index (χ1v) is 6.14. The van der Waals surface area contributed by atoms with E-state index in [-0.39, 0.29) is 16.4 Å². The van der Waals surface area contributed by atoms with E-state index in [1.54, 1.807) is 25.1 Å². The normalized spacial score (nSPS) is 10.5. The third kappa shape index (κ3) is 2.61. The molecule has 2 N–H and O–H groups in total. The van der Waals surface area contributed by atoms with E-state index in [1.165, 1.54) is 6.07 Å². The van der Waals surface area contributed by atoms with Gasteiger partial charge >= 0.3 is 0 Å². The van der Waals surface area contributed by atoms with Crippen molar-refractivity contribution in [1.82, 2.24) is 0 Å². The Bertz CT molecular complexity index is 667. The van der Waals surface area contributed by atoms with Gasteiger partial charge in [0.15, 0.2) is 5.78 Å². The Labute approximate surface area is 116 Å². The molecule has 0 saturated carbocycles. The lowest BCUT2D eigenvalue weighted by Gasteiger charge is -2.09. The molecule has 2 rings (SSSR count). The summed E-state index contributed by atoms with van der Waals surface area (Å²) in [6, 6.07) is 7.72. The van der Waals surface area contributed by atoms with Crippen LogP contribution in [0.25, 0.3) is 0 Å². The third-order valence-corrected chi connectivity index (χ3v) is 3.31. The van der Waals surface area contributed by atoms with Crippen LogP contribution < -0.4 is 5.73 Å². The average molecular weight is 278 g/mol. The van der Waals surface area contributed by atoms with E-state index in [2.05, 4.69) is 0 Å². The van der Waals surface area contributed by atoms with Crippen LogP contribution in [0.4, 0.5) is 10.1 Å². The highest BCUT2D eigenvalue weighted by molar-refractivity contribution is 6.35. The Balaban J connectivity index is 2.56. The Kier molecular flexibility index (Phi) is 3.58. The second-order valence-corrected chi connectivity index (χ2v) is 4.89. The van der Waals surface area contributed by atoms with Gasteiger partial charge in [0.05, 0.1) is 5.02 Å². The fourth-order valence-corrected chi connectivity index (χ4v) is 2.10. The molecule has 19 heavy (non-hydrogen) atoms. The lowest BCUT2D eigenvalue weighted by atomic mass is 9.97. The minimum atomic E-state index is -0.425. The second-order valence-electron chi connectivity index (χ2n) is 4.48. The van der Waals surface area contributed by atoms with Crippen molar-refractivity contribution in [2.24, 2.45) is 0 Å². The molecule has 98 valence electrons. The highest BCUT2D eigenvalue weighted by Gasteiger charge is 2.17. The van der Waals surface area contributed by atoms with Crippen LogP contribution in [0.15, 0.2) is 30.3 Å². The van der Waals surface area contributed by atoms with Crippen LogP contribution in [0.3, 0.4) is 0 Å². The van der Waals surface area contributed by atoms with Crippen molar-refractivity contribution in [3.8, 4) is 0 Å². The van der Waals surface area contributed by atoms with Crippen LogP contribution in [0.5, 0.6) is 0 Å². The smallest absolute Gasteiger partial charge is 0.194 e. The molecule has 2 nitrogen and oxygen atoms in total. The summed E-state index contributed by atoms with van der Waals surface area (Å²) in [4.78, 5) is 12.4. The zero-order valence-corrected chi connectivity index (χ0v) is 11.4. The standard InChI is InChI=1S/C15H13ClFNO/c1-8-3-4-10(18)6-11(8)15(19)12-5-9(2)14(17)7-13(12)16/h3-7H,18H2,1-2H3. The van der Waals surface area contributed by atoms with Gasteiger partial charge in [0, 0.05) is 16.8 Å². The molecule has 0 bridgehead atoms. The van der Waals surface area contributed by atoms with Crippen LogP contribution >= 0.6 is 11.6 Å². The predicted octanol–water partition coefficient (Wildman–Crippen LogP) is 3.91. The molecule has 0 aromatic heterocycles. The molecule has 0 fully saturated rings. The first-order valence-electron chi connectivity index (χ1n) is 5.76. The number of carbonyl (C=O) groups excluding carboxylic acids is 1. The lowest BCUT2D eigenvalue weighted by Crippen LogP contribution is -2.06. The summed E-state index contributed by atoms with van der Waals surface area (Å²) in [5.41, 5.74) is 8.15. The van der Waals surface area contributed by atoms with Crippen LogP contribution in [-0.4, -0.2) is 5.78 Å². The molecule has 0 aliphatic rings. The van der Waals surface area contributed by atoms with E-state index in [0.29, 0.717) is 16.8 Å². The zero-order valence-electron chi connectivity index (χ0n) is 10.6. The quantitative estimate of drug-likeness (QED) is 0.668. The minimum Gasteiger partial charge on any atom is -0.399 e. The van der Waals surface area contributed by atoms with Gasteiger partial charge in [-0.3, -0.25) is 4.79 Å². The molecule has 0 atom stereocenters. The number of hydrogen-bond donors (Lipinski definition) is 1. The number of aryl methyl sites for hydroxylation is 2. The largest absolute Gasteiger partial charge is 0.399 e. The Hall–Kier alpha value is -1.87. The van der Waals surface area contributed by atoms with E-state index in [1.807, 2.05) is 6.92 Å². The maximum absolute atomic E-state index is 13.4. The van der Waals surface area contributed by atoms with Crippen molar-refractivity contribution < 1.29 is 9.18 Å². The van der Waals surface area contributed by atoms with Gasteiger partial charge in [-0.25, -0.2) is 4.39 Å². The number of halogens is 2. The molecule has 0 radical (unpaired) electrons. The number of carbonyl (C=O) groups is 1. The van der Waals surface area contributed by atoms with Gasteiger partial charge in [-0.1, -0.05) is 17.7 Å². The van der Waals surface area contributed by atoms with Gasteiger partial charge in [0.25, 0.3) is 0 Å². The Morgan fingerprint density at radius 2 is 1.79 bits per heavy atom. The van der Waals surface area contributed by atoms with Crippen molar-refractivity contribution in [2.75, 3.05) is 5.73 Å². The van der Waals surface area contributed by atoms with E-state index in [9.17, 15) is 9.18 Å². The second kappa shape index (κ2) is 5.02. The average Bonchev–Trinajstić information content (AvgIpc) is 2.36. The van der Waals surface area contributed by atoms with Gasteiger partial charge < -0.3 is 5.73 Å². The van der Waals surface area contributed by atoms with Crippen molar-refractivity contribution in [1.29, 1.82) is 0 Å². The fourth-order valence-electron chi connectivity index (χ4n) is 1.86. The summed E-state index contributed by atoms with van der Waals surface area (Å²) in [5, 5.41) is 0.106. The summed E-state index contributed by atoms with van der Waals surface area (Å²) in [6.45, 7) is 3.41. The first kappa shape index (κ1) is 13.6. The molecular formula is C15H13ClFNO. The summed E-state index contributed by atoms with van der Waals surface area (Å²) in [5.74, 6) is -0.677. The van der Waals surface area contributed by atoms with E-state index < -0.39 is 5.82 Å². The SMILES string of the molecule is Cc1cc(C(=O)c2cc(N)ccc2C)c(Cl)cc1F. The van der Waals surface area contributed by atoms with Gasteiger partial charge in [-0.2, -0.15) is 0 Å². The van der Waals surface area contributed by atoms with Crippen LogP contribution in [0, 0.1) is 19.7 Å². The number of hydrogen-bond acceptors (Lipinski definition) is 2. The summed E-state index contributed by atoms with van der Waals surface area (Å²) in [7, 11) is 0. The summed E-state index contributed by atoms with van der Waals surface area (Å²) in [6.07, 6.45) is 0. The Morgan fingerprint density at radius 3 is 2.47 bits per heavy atom. The van der Waals surface area contributed by atoms with Gasteiger partial charge in [0.1, 0.15) is 5.82 Å². The van der Waals surface area contributed by atoms with E-state index in [4.69, 9.17) is 17.3 Å². The van der Waals surface area contributed by atoms with Crippen molar-refractivity contribution in [3.63, 3.8) is 0 Å². The molecule has 2 aromatic carbocycles. The molecule has 4 heteroatoms.